The van der Waals surface area contributed by atoms with Gasteiger partial charge < -0.3 is 18.6 Å². The maximum Gasteiger partial charge on any atom is 0.252 e. The lowest BCUT2D eigenvalue weighted by Gasteiger charge is -2.43. The highest BCUT2D eigenvalue weighted by molar-refractivity contribution is 7.00. The van der Waals surface area contributed by atoms with Crippen molar-refractivity contribution in [2.75, 3.05) is 9.80 Å². The predicted molar refractivity (Wildman–Crippen MR) is 195 cm³/mol. The summed E-state index contributed by atoms with van der Waals surface area (Å²) in [5.41, 5.74) is 14.3. The lowest BCUT2D eigenvalue weighted by Crippen LogP contribution is -2.61. The summed E-state index contributed by atoms with van der Waals surface area (Å²) in [6.07, 6.45) is 0. The molecule has 0 spiro atoms. The Morgan fingerprint density at radius 1 is 0.383 bits per heavy atom. The van der Waals surface area contributed by atoms with Crippen molar-refractivity contribution in [2.24, 2.45) is 0 Å². The van der Waals surface area contributed by atoms with E-state index in [9.17, 15) is 0 Å². The zero-order valence-electron chi connectivity index (χ0n) is 25.2. The SMILES string of the molecule is c1ccc2c(c1)B1c3ccccc3N(c3cccc4c3oc3ccccc34)c3cccc(c31)N2c1ccc2oc3ccccc3c2c1. The van der Waals surface area contributed by atoms with Crippen LogP contribution < -0.4 is 26.2 Å². The molecule has 0 saturated carbocycles. The Bertz CT molecular complexity index is 2740. The molecule has 5 heteroatoms. The highest BCUT2D eigenvalue weighted by atomic mass is 16.3. The van der Waals surface area contributed by atoms with E-state index in [-0.39, 0.29) is 6.71 Å². The molecule has 2 aromatic heterocycles. The highest BCUT2D eigenvalue weighted by Gasteiger charge is 2.43. The summed E-state index contributed by atoms with van der Waals surface area (Å²) < 4.78 is 12.8. The molecule has 0 amide bonds. The summed E-state index contributed by atoms with van der Waals surface area (Å²) in [6, 6.07) is 54.1. The van der Waals surface area contributed by atoms with E-state index in [0.717, 1.165) is 60.9 Å². The van der Waals surface area contributed by atoms with E-state index >= 15 is 0 Å². The maximum atomic E-state index is 6.62. The average molecular weight is 600 g/mol. The Balaban J connectivity index is 1.20. The van der Waals surface area contributed by atoms with E-state index in [1.54, 1.807) is 0 Å². The van der Waals surface area contributed by atoms with Crippen LogP contribution in [0, 0.1) is 0 Å². The van der Waals surface area contributed by atoms with Crippen LogP contribution in [0.25, 0.3) is 43.9 Å². The zero-order valence-corrected chi connectivity index (χ0v) is 25.2. The Hall–Kier alpha value is -6.20. The molecule has 0 fully saturated rings. The third-order valence-corrected chi connectivity index (χ3v) is 10.1. The number of anilines is 6. The van der Waals surface area contributed by atoms with Gasteiger partial charge in [-0.25, -0.2) is 0 Å². The normalized spacial score (nSPS) is 13.4. The topological polar surface area (TPSA) is 32.8 Å². The largest absolute Gasteiger partial charge is 0.456 e. The smallest absolute Gasteiger partial charge is 0.252 e. The van der Waals surface area contributed by atoms with Crippen LogP contribution in [0.5, 0.6) is 0 Å². The van der Waals surface area contributed by atoms with Gasteiger partial charge in [0.2, 0.25) is 0 Å². The number of benzene rings is 7. The van der Waals surface area contributed by atoms with Crippen molar-refractivity contribution in [3.05, 3.63) is 152 Å². The molecule has 0 unspecified atom stereocenters. The summed E-state index contributed by atoms with van der Waals surface area (Å²) in [7, 11) is 0. The van der Waals surface area contributed by atoms with Gasteiger partial charge in [-0.05, 0) is 77.1 Å². The van der Waals surface area contributed by atoms with Crippen molar-refractivity contribution in [3.8, 4) is 0 Å². The first-order valence-electron chi connectivity index (χ1n) is 16.1. The van der Waals surface area contributed by atoms with Gasteiger partial charge in [-0.2, -0.15) is 0 Å². The van der Waals surface area contributed by atoms with Crippen molar-refractivity contribution >= 4 is 101 Å². The van der Waals surface area contributed by atoms with Crippen LogP contribution in [-0.2, 0) is 0 Å². The van der Waals surface area contributed by atoms with Crippen molar-refractivity contribution < 1.29 is 8.83 Å². The van der Waals surface area contributed by atoms with Gasteiger partial charge in [-0.1, -0.05) is 91.0 Å². The summed E-state index contributed by atoms with van der Waals surface area (Å²) in [5, 5.41) is 4.49. The Kier molecular flexibility index (Phi) is 4.89. The average Bonchev–Trinajstić information content (AvgIpc) is 3.70. The number of hydrogen-bond donors (Lipinski definition) is 0. The number of furan rings is 2. The van der Waals surface area contributed by atoms with E-state index in [2.05, 4.69) is 143 Å². The van der Waals surface area contributed by atoms with Crippen LogP contribution in [0.2, 0.25) is 0 Å². The Morgan fingerprint density at radius 2 is 0.915 bits per heavy atom. The van der Waals surface area contributed by atoms with E-state index in [0.29, 0.717) is 0 Å². The second-order valence-corrected chi connectivity index (χ2v) is 12.5. The van der Waals surface area contributed by atoms with Crippen molar-refractivity contribution in [3.63, 3.8) is 0 Å². The van der Waals surface area contributed by atoms with Crippen molar-refractivity contribution in [1.29, 1.82) is 0 Å². The monoisotopic (exact) mass is 600 g/mol. The van der Waals surface area contributed by atoms with E-state index in [1.807, 2.05) is 18.2 Å². The molecule has 0 aliphatic carbocycles. The molecule has 4 nitrogen and oxygen atoms in total. The minimum absolute atomic E-state index is 0.0782. The second-order valence-electron chi connectivity index (χ2n) is 12.5. The van der Waals surface area contributed by atoms with E-state index < -0.39 is 0 Å². The lowest BCUT2D eigenvalue weighted by atomic mass is 9.33. The van der Waals surface area contributed by atoms with Crippen LogP contribution in [0.3, 0.4) is 0 Å². The third kappa shape index (κ3) is 3.32. The Labute approximate surface area is 270 Å². The van der Waals surface area contributed by atoms with Gasteiger partial charge >= 0.3 is 0 Å². The fraction of sp³-hybridized carbons (Fsp3) is 0. The molecule has 7 aromatic carbocycles. The van der Waals surface area contributed by atoms with E-state index in [1.165, 1.54) is 33.5 Å². The summed E-state index contributed by atoms with van der Waals surface area (Å²) in [4.78, 5) is 4.84. The molecule has 0 atom stereocenters. The molecular formula is C42H25BN2O2. The fourth-order valence-corrected chi connectivity index (χ4v) is 8.13. The Morgan fingerprint density at radius 3 is 1.70 bits per heavy atom. The third-order valence-electron chi connectivity index (χ3n) is 10.1. The van der Waals surface area contributed by atoms with Crippen molar-refractivity contribution in [2.45, 2.75) is 0 Å². The molecule has 218 valence electrons. The first kappa shape index (κ1) is 25.0. The molecule has 11 rings (SSSR count). The molecule has 0 radical (unpaired) electrons. The molecule has 47 heavy (non-hydrogen) atoms. The quantitative estimate of drug-likeness (QED) is 0.185. The summed E-state index contributed by atoms with van der Waals surface area (Å²) in [5.74, 6) is 0. The van der Waals surface area contributed by atoms with Crippen LogP contribution in [0.15, 0.2) is 160 Å². The number of rotatable bonds is 2. The van der Waals surface area contributed by atoms with E-state index in [4.69, 9.17) is 8.83 Å². The van der Waals surface area contributed by atoms with Crippen LogP contribution >= 0.6 is 0 Å². The van der Waals surface area contributed by atoms with Gasteiger partial charge in [0, 0.05) is 50.0 Å². The van der Waals surface area contributed by atoms with Gasteiger partial charge in [-0.15, -0.1) is 0 Å². The standard InChI is InChI=1S/C42H25BN2O2/c1-8-22-39-27(11-1)29-13-9-20-37(42(29)47-39)45-34-17-6-4-15-32(34)43-31-14-3-5-16-33(31)44(35-18-10-19-36(45)41(35)43)26-23-24-40-30(25-26)28-12-2-7-21-38(28)46-40/h1-25H. The van der Waals surface area contributed by atoms with Crippen LogP contribution in [0.1, 0.15) is 0 Å². The van der Waals surface area contributed by atoms with Gasteiger partial charge in [0.05, 0.1) is 5.69 Å². The van der Waals surface area contributed by atoms with Crippen LogP contribution in [-0.4, -0.2) is 6.71 Å². The maximum absolute atomic E-state index is 6.62. The lowest BCUT2D eigenvalue weighted by molar-refractivity contribution is 0.668. The minimum Gasteiger partial charge on any atom is -0.456 e. The number of nitrogens with zero attached hydrogens (tertiary/aromatic N) is 2. The van der Waals surface area contributed by atoms with Gasteiger partial charge in [0.1, 0.15) is 16.7 Å². The van der Waals surface area contributed by atoms with Gasteiger partial charge in [-0.3, -0.25) is 0 Å². The molecular weight excluding hydrogens is 575 g/mol. The molecule has 2 aliphatic heterocycles. The fourth-order valence-electron chi connectivity index (χ4n) is 8.13. The van der Waals surface area contributed by atoms with Gasteiger partial charge in [0.15, 0.2) is 5.58 Å². The molecule has 0 N–H and O–H groups in total. The van der Waals surface area contributed by atoms with Crippen molar-refractivity contribution in [1.82, 2.24) is 0 Å². The zero-order chi connectivity index (χ0) is 30.6. The predicted octanol–water partition coefficient (Wildman–Crippen LogP) is 9.57. The number of fused-ring (bicyclic) bond motifs is 10. The number of hydrogen-bond acceptors (Lipinski definition) is 4. The second kappa shape index (κ2) is 9.18. The summed E-state index contributed by atoms with van der Waals surface area (Å²) >= 11 is 0. The molecule has 0 saturated heterocycles. The first-order chi connectivity index (χ1) is 23.3. The first-order valence-corrected chi connectivity index (χ1v) is 16.1. The highest BCUT2D eigenvalue weighted by Crippen LogP contribution is 2.47. The molecule has 4 heterocycles. The van der Waals surface area contributed by atoms with Crippen LogP contribution in [0.4, 0.5) is 34.1 Å². The molecule has 2 aliphatic rings. The number of para-hydroxylation sites is 5. The summed E-state index contributed by atoms with van der Waals surface area (Å²) in [6.45, 7) is 0.0782. The van der Waals surface area contributed by atoms with Gasteiger partial charge in [0.25, 0.3) is 6.71 Å². The molecule has 0 bridgehead atoms. The minimum atomic E-state index is 0.0782. The molecule has 9 aromatic rings.